The van der Waals surface area contributed by atoms with Crippen LogP contribution in [0.2, 0.25) is 0 Å². The summed E-state index contributed by atoms with van der Waals surface area (Å²) in [5.41, 5.74) is 8.04. The third-order valence-corrected chi connectivity index (χ3v) is 1.32. The van der Waals surface area contributed by atoms with Crippen LogP contribution in [0.5, 0.6) is 0 Å². The topological polar surface area (TPSA) is 95.3 Å². The number of hydrogen-bond acceptors (Lipinski definition) is 4. The number of carbonyl (C=O) groups is 1. The van der Waals surface area contributed by atoms with Crippen LogP contribution in [0.15, 0.2) is 5.11 Å². The second-order valence-electron chi connectivity index (χ2n) is 2.47. The van der Waals surface area contributed by atoms with E-state index in [1.165, 1.54) is 0 Å². The Hall–Kier alpha value is -1.26. The van der Waals surface area contributed by atoms with E-state index < -0.39 is 6.04 Å². The Morgan fingerprint density at radius 3 is 2.92 bits per heavy atom. The summed E-state index contributed by atoms with van der Waals surface area (Å²) in [6.45, 7) is 1.49. The van der Waals surface area contributed by atoms with Crippen molar-refractivity contribution in [2.45, 2.75) is 25.8 Å². The Labute approximate surface area is 76.1 Å². The molecule has 0 aromatic carbocycles. The van der Waals surface area contributed by atoms with Gasteiger partial charge in [-0.1, -0.05) is 12.0 Å². The Morgan fingerprint density at radius 2 is 2.46 bits per heavy atom. The van der Waals surface area contributed by atoms with Gasteiger partial charge in [0.25, 0.3) is 0 Å². The summed E-state index contributed by atoms with van der Waals surface area (Å²) in [6.07, 6.45) is 1.05. The quantitative estimate of drug-likeness (QED) is 0.291. The van der Waals surface area contributed by atoms with Crippen molar-refractivity contribution < 1.29 is 14.6 Å². The van der Waals surface area contributed by atoms with Crippen LogP contribution in [0, 0.1) is 0 Å². The zero-order valence-corrected chi connectivity index (χ0v) is 7.51. The first kappa shape index (κ1) is 11.7. The third kappa shape index (κ3) is 5.95. The molecule has 1 N–H and O–H groups in total. The van der Waals surface area contributed by atoms with Crippen molar-refractivity contribution in [3.8, 4) is 0 Å². The summed E-state index contributed by atoms with van der Waals surface area (Å²) in [7, 11) is 0. The van der Waals surface area contributed by atoms with E-state index >= 15 is 0 Å². The molecule has 0 aliphatic carbocycles. The zero-order valence-electron chi connectivity index (χ0n) is 7.51. The fourth-order valence-electron chi connectivity index (χ4n) is 0.661. The van der Waals surface area contributed by atoms with Gasteiger partial charge in [0.1, 0.15) is 6.61 Å². The average molecular weight is 187 g/mol. The third-order valence-electron chi connectivity index (χ3n) is 1.32. The molecule has 0 aromatic rings. The van der Waals surface area contributed by atoms with Crippen molar-refractivity contribution in [1.29, 1.82) is 0 Å². The number of aliphatic hydroxyl groups is 1. The van der Waals surface area contributed by atoms with E-state index in [1.807, 2.05) is 6.92 Å². The van der Waals surface area contributed by atoms with E-state index in [-0.39, 0.29) is 19.2 Å². The molecule has 0 saturated carbocycles. The molecular weight excluding hydrogens is 174 g/mol. The minimum absolute atomic E-state index is 0.0562. The van der Waals surface area contributed by atoms with Crippen molar-refractivity contribution >= 4 is 5.97 Å². The molecule has 0 fully saturated rings. The van der Waals surface area contributed by atoms with Gasteiger partial charge >= 0.3 is 5.97 Å². The van der Waals surface area contributed by atoms with Gasteiger partial charge in [0.15, 0.2) is 0 Å². The van der Waals surface area contributed by atoms with Crippen molar-refractivity contribution in [2.75, 3.05) is 13.2 Å². The highest BCUT2D eigenvalue weighted by Gasteiger charge is 2.07. The highest BCUT2D eigenvalue weighted by atomic mass is 16.5. The number of nitrogens with zero attached hydrogens (tertiary/aromatic N) is 3. The molecule has 0 aromatic heterocycles. The summed E-state index contributed by atoms with van der Waals surface area (Å²) in [6, 6.07) is -0.675. The highest BCUT2D eigenvalue weighted by molar-refractivity contribution is 5.69. The maximum Gasteiger partial charge on any atom is 0.305 e. The lowest BCUT2D eigenvalue weighted by Gasteiger charge is -2.07. The molecular formula is C7H13N3O3. The lowest BCUT2D eigenvalue weighted by molar-refractivity contribution is -0.144. The molecule has 0 heterocycles. The largest absolute Gasteiger partial charge is 0.465 e. The maximum absolute atomic E-state index is 10.8. The molecule has 0 aliphatic rings. The summed E-state index contributed by atoms with van der Waals surface area (Å²) in [5, 5.41) is 11.9. The van der Waals surface area contributed by atoms with Crippen molar-refractivity contribution in [3.63, 3.8) is 0 Å². The molecule has 0 aliphatic heterocycles. The molecule has 0 rings (SSSR count). The number of ether oxygens (including phenoxy) is 1. The minimum Gasteiger partial charge on any atom is -0.465 e. The zero-order chi connectivity index (χ0) is 10.1. The van der Waals surface area contributed by atoms with Crippen LogP contribution >= 0.6 is 0 Å². The first-order chi connectivity index (χ1) is 6.24. The van der Waals surface area contributed by atoms with Gasteiger partial charge in [0, 0.05) is 11.3 Å². The lowest BCUT2D eigenvalue weighted by atomic mass is 10.3. The van der Waals surface area contributed by atoms with Gasteiger partial charge in [0.2, 0.25) is 0 Å². The molecule has 74 valence electrons. The van der Waals surface area contributed by atoms with Crippen LogP contribution in [0.4, 0.5) is 0 Å². The smallest absolute Gasteiger partial charge is 0.305 e. The fraction of sp³-hybridized carbons (Fsp3) is 0.857. The summed E-state index contributed by atoms with van der Waals surface area (Å²) in [4.78, 5) is 13.3. The van der Waals surface area contributed by atoms with Crippen LogP contribution in [0.1, 0.15) is 19.8 Å². The standard InChI is InChI=1S/C7H13N3O3/c1-2-3-7(12)13-5-6(4-11)9-10-8/h6,11H,2-5H2,1H3/t6-/m1/s1. The first-order valence-electron chi connectivity index (χ1n) is 4.05. The predicted octanol–water partition coefficient (Wildman–Crippen LogP) is 1.00. The van der Waals surface area contributed by atoms with Gasteiger partial charge in [-0.2, -0.15) is 0 Å². The van der Waals surface area contributed by atoms with E-state index in [2.05, 4.69) is 10.0 Å². The molecule has 0 saturated heterocycles. The van der Waals surface area contributed by atoms with Crippen LogP contribution in [-0.4, -0.2) is 30.3 Å². The van der Waals surface area contributed by atoms with E-state index in [0.717, 1.165) is 0 Å². The van der Waals surface area contributed by atoms with Gasteiger partial charge in [-0.25, -0.2) is 0 Å². The van der Waals surface area contributed by atoms with Crippen LogP contribution in [-0.2, 0) is 9.53 Å². The maximum atomic E-state index is 10.8. The Bertz CT molecular complexity index is 201. The Balaban J connectivity index is 3.71. The van der Waals surface area contributed by atoms with Crippen molar-refractivity contribution in [1.82, 2.24) is 0 Å². The molecule has 0 unspecified atom stereocenters. The molecule has 13 heavy (non-hydrogen) atoms. The molecule has 0 amide bonds. The second kappa shape index (κ2) is 7.39. The predicted molar refractivity (Wildman–Crippen MR) is 45.9 cm³/mol. The van der Waals surface area contributed by atoms with E-state index in [0.29, 0.717) is 12.8 Å². The SMILES string of the molecule is CCCC(=O)OC[C@@H](CO)N=[N+]=[N-]. The van der Waals surface area contributed by atoms with Crippen molar-refractivity contribution in [3.05, 3.63) is 10.4 Å². The lowest BCUT2D eigenvalue weighted by Crippen LogP contribution is -2.19. The van der Waals surface area contributed by atoms with Crippen LogP contribution in [0.25, 0.3) is 10.4 Å². The second-order valence-corrected chi connectivity index (χ2v) is 2.47. The van der Waals surface area contributed by atoms with E-state index in [9.17, 15) is 4.79 Å². The summed E-state index contributed by atoms with van der Waals surface area (Å²) >= 11 is 0. The van der Waals surface area contributed by atoms with Crippen LogP contribution < -0.4 is 0 Å². The Morgan fingerprint density at radius 1 is 1.77 bits per heavy atom. The monoisotopic (exact) mass is 187 g/mol. The van der Waals surface area contributed by atoms with Crippen LogP contribution in [0.3, 0.4) is 0 Å². The number of aliphatic hydroxyl groups excluding tert-OH is 1. The van der Waals surface area contributed by atoms with E-state index in [4.69, 9.17) is 15.4 Å². The normalized spacial score (nSPS) is 11.5. The van der Waals surface area contributed by atoms with Gasteiger partial charge in [0.05, 0.1) is 12.6 Å². The van der Waals surface area contributed by atoms with Gasteiger partial charge in [-0.15, -0.1) is 0 Å². The van der Waals surface area contributed by atoms with Gasteiger partial charge < -0.3 is 9.84 Å². The van der Waals surface area contributed by atoms with Crippen molar-refractivity contribution in [2.24, 2.45) is 5.11 Å². The van der Waals surface area contributed by atoms with Gasteiger partial charge in [-0.3, -0.25) is 4.79 Å². The number of rotatable bonds is 6. The molecule has 0 radical (unpaired) electrons. The first-order valence-corrected chi connectivity index (χ1v) is 4.05. The van der Waals surface area contributed by atoms with Gasteiger partial charge in [-0.05, 0) is 12.0 Å². The average Bonchev–Trinajstić information content (AvgIpc) is 2.12. The molecule has 6 nitrogen and oxygen atoms in total. The number of hydrogen-bond donors (Lipinski definition) is 1. The fourth-order valence-corrected chi connectivity index (χ4v) is 0.661. The van der Waals surface area contributed by atoms with E-state index in [1.54, 1.807) is 0 Å². The highest BCUT2D eigenvalue weighted by Crippen LogP contribution is 1.96. The molecule has 6 heteroatoms. The molecule has 0 bridgehead atoms. The number of esters is 1. The molecule has 1 atom stereocenters. The number of azide groups is 1. The summed E-state index contributed by atoms with van der Waals surface area (Å²) < 4.78 is 4.72. The summed E-state index contributed by atoms with van der Waals surface area (Å²) in [5.74, 6) is -0.339. The molecule has 0 spiro atoms. The number of carbonyl (C=O) groups excluding carboxylic acids is 1. The Kier molecular flexibility index (Phi) is 6.68. The minimum atomic E-state index is -0.675.